The molecule has 0 aliphatic heterocycles. The molecule has 0 aliphatic carbocycles. The molecule has 0 radical (unpaired) electrons. The topological polar surface area (TPSA) is 41.5 Å². The number of allylic oxidation sites excluding steroid dienone is 1. The Morgan fingerprint density at radius 1 is 0.960 bits per heavy atom. The van der Waals surface area contributed by atoms with Gasteiger partial charge in [0.15, 0.2) is 0 Å². The Labute approximate surface area is 147 Å². The first-order chi connectivity index (χ1) is 12.2. The van der Waals surface area contributed by atoms with Crippen LogP contribution in [-0.2, 0) is 11.2 Å². The van der Waals surface area contributed by atoms with Crippen LogP contribution in [0.15, 0.2) is 83.5 Å². The van der Waals surface area contributed by atoms with E-state index in [4.69, 9.17) is 0 Å². The second-order valence-corrected chi connectivity index (χ2v) is 5.91. The van der Waals surface area contributed by atoms with E-state index in [0.717, 1.165) is 27.5 Å². The van der Waals surface area contributed by atoms with E-state index in [2.05, 4.69) is 10.5 Å². The van der Waals surface area contributed by atoms with E-state index in [-0.39, 0.29) is 5.91 Å². The Hall–Kier alpha value is -3.20. The molecule has 3 aromatic carbocycles. The summed E-state index contributed by atoms with van der Waals surface area (Å²) in [4.78, 5) is 12.2. The van der Waals surface area contributed by atoms with Crippen LogP contribution in [0.25, 0.3) is 16.8 Å². The van der Waals surface area contributed by atoms with Gasteiger partial charge in [-0.15, -0.1) is 0 Å². The van der Waals surface area contributed by atoms with Crippen LogP contribution >= 0.6 is 0 Å². The Morgan fingerprint density at radius 3 is 2.52 bits per heavy atom. The second kappa shape index (κ2) is 8.06. The van der Waals surface area contributed by atoms with Gasteiger partial charge in [0.25, 0.3) is 0 Å². The molecule has 25 heavy (non-hydrogen) atoms. The van der Waals surface area contributed by atoms with Gasteiger partial charge in [0.05, 0.1) is 12.6 Å². The van der Waals surface area contributed by atoms with Crippen LogP contribution in [-0.4, -0.2) is 12.1 Å². The summed E-state index contributed by atoms with van der Waals surface area (Å²) in [6.07, 6.45) is 3.98. The third-order valence-electron chi connectivity index (χ3n) is 3.88. The number of amides is 1. The van der Waals surface area contributed by atoms with Crippen LogP contribution in [0.1, 0.15) is 18.1 Å². The van der Waals surface area contributed by atoms with Crippen LogP contribution in [0.3, 0.4) is 0 Å². The van der Waals surface area contributed by atoms with Gasteiger partial charge < -0.3 is 0 Å². The molecule has 3 aromatic rings. The summed E-state index contributed by atoms with van der Waals surface area (Å²) in [5.74, 6) is -0.125. The highest BCUT2D eigenvalue weighted by Gasteiger charge is 2.05. The molecule has 0 saturated heterocycles. The average molecular weight is 328 g/mol. The van der Waals surface area contributed by atoms with Gasteiger partial charge in [-0.3, -0.25) is 4.79 Å². The van der Waals surface area contributed by atoms with Gasteiger partial charge in [0, 0.05) is 0 Å². The van der Waals surface area contributed by atoms with Crippen molar-refractivity contribution in [1.82, 2.24) is 5.43 Å². The van der Waals surface area contributed by atoms with E-state index in [1.54, 1.807) is 6.21 Å². The lowest BCUT2D eigenvalue weighted by Crippen LogP contribution is -2.19. The second-order valence-electron chi connectivity index (χ2n) is 5.91. The molecule has 0 bridgehead atoms. The van der Waals surface area contributed by atoms with Crippen molar-refractivity contribution in [3.05, 3.63) is 89.5 Å². The quantitative estimate of drug-likeness (QED) is 0.540. The van der Waals surface area contributed by atoms with Crippen molar-refractivity contribution in [2.45, 2.75) is 13.3 Å². The molecule has 1 amide bonds. The molecular weight excluding hydrogens is 308 g/mol. The predicted molar refractivity (Wildman–Crippen MR) is 104 cm³/mol. The molecular formula is C22H20N2O. The molecule has 0 aromatic heterocycles. The fourth-order valence-corrected chi connectivity index (χ4v) is 2.71. The number of carbonyl (C=O) groups excluding carboxylic acids is 1. The zero-order valence-corrected chi connectivity index (χ0v) is 14.1. The molecule has 0 aliphatic rings. The Bertz CT molecular complexity index is 922. The maximum absolute atomic E-state index is 12.2. The molecule has 0 heterocycles. The number of carbonyl (C=O) groups is 1. The molecule has 1 N–H and O–H groups in total. The minimum absolute atomic E-state index is 0.125. The highest BCUT2D eigenvalue weighted by molar-refractivity contribution is 5.91. The van der Waals surface area contributed by atoms with Gasteiger partial charge in [-0.2, -0.15) is 5.10 Å². The molecule has 3 heteroatoms. The van der Waals surface area contributed by atoms with Gasteiger partial charge in [-0.25, -0.2) is 5.43 Å². The van der Waals surface area contributed by atoms with E-state index in [1.165, 1.54) is 0 Å². The average Bonchev–Trinajstić information content (AvgIpc) is 2.63. The number of fused-ring (bicyclic) bond motifs is 1. The summed E-state index contributed by atoms with van der Waals surface area (Å²) in [7, 11) is 0. The SMILES string of the molecule is CC(/C=N\NC(=O)Cc1cccc2ccccc12)=C\c1ccccc1. The number of benzene rings is 3. The number of rotatable bonds is 5. The van der Waals surface area contributed by atoms with Gasteiger partial charge in [0.2, 0.25) is 5.91 Å². The summed E-state index contributed by atoms with van der Waals surface area (Å²) in [6.45, 7) is 1.95. The van der Waals surface area contributed by atoms with E-state index in [9.17, 15) is 4.79 Å². The minimum atomic E-state index is -0.125. The lowest BCUT2D eigenvalue weighted by Gasteiger charge is -2.05. The Morgan fingerprint density at radius 2 is 1.68 bits per heavy atom. The summed E-state index contributed by atoms with van der Waals surface area (Å²) in [5.41, 5.74) is 5.68. The predicted octanol–water partition coefficient (Wildman–Crippen LogP) is 4.59. The zero-order valence-electron chi connectivity index (χ0n) is 14.1. The molecule has 124 valence electrons. The van der Waals surface area contributed by atoms with Crippen molar-refractivity contribution in [2.24, 2.45) is 5.10 Å². The smallest absolute Gasteiger partial charge is 0.244 e. The summed E-state index contributed by atoms with van der Waals surface area (Å²) in [6, 6.07) is 24.1. The fourth-order valence-electron chi connectivity index (χ4n) is 2.71. The molecule has 0 unspecified atom stereocenters. The third kappa shape index (κ3) is 4.64. The Balaban J connectivity index is 1.62. The van der Waals surface area contributed by atoms with E-state index >= 15 is 0 Å². The summed E-state index contributed by atoms with van der Waals surface area (Å²) < 4.78 is 0. The lowest BCUT2D eigenvalue weighted by atomic mass is 10.0. The van der Waals surface area contributed by atoms with Crippen LogP contribution in [0.2, 0.25) is 0 Å². The highest BCUT2D eigenvalue weighted by Crippen LogP contribution is 2.18. The van der Waals surface area contributed by atoms with E-state index in [1.807, 2.05) is 85.8 Å². The van der Waals surface area contributed by atoms with Crippen molar-refractivity contribution in [3.8, 4) is 0 Å². The first-order valence-corrected chi connectivity index (χ1v) is 8.24. The number of hydrogen-bond acceptors (Lipinski definition) is 2. The molecule has 0 saturated carbocycles. The van der Waals surface area contributed by atoms with Crippen molar-refractivity contribution >= 4 is 29.0 Å². The number of hydrogen-bond donors (Lipinski definition) is 1. The fraction of sp³-hybridized carbons (Fsp3) is 0.0909. The highest BCUT2D eigenvalue weighted by atomic mass is 16.2. The van der Waals surface area contributed by atoms with Crippen LogP contribution in [0.4, 0.5) is 0 Å². The number of nitrogens with one attached hydrogen (secondary N) is 1. The van der Waals surface area contributed by atoms with Gasteiger partial charge in [0.1, 0.15) is 0 Å². The number of nitrogens with zero attached hydrogens (tertiary/aromatic N) is 1. The normalized spacial score (nSPS) is 11.8. The van der Waals surface area contributed by atoms with E-state index in [0.29, 0.717) is 6.42 Å². The molecule has 3 nitrogen and oxygen atoms in total. The van der Waals surface area contributed by atoms with Crippen molar-refractivity contribution in [3.63, 3.8) is 0 Å². The maximum Gasteiger partial charge on any atom is 0.244 e. The lowest BCUT2D eigenvalue weighted by molar-refractivity contribution is -0.120. The largest absolute Gasteiger partial charge is 0.273 e. The first-order valence-electron chi connectivity index (χ1n) is 8.24. The monoisotopic (exact) mass is 328 g/mol. The molecule has 3 rings (SSSR count). The zero-order chi connectivity index (χ0) is 17.5. The van der Waals surface area contributed by atoms with Crippen molar-refractivity contribution < 1.29 is 4.79 Å². The summed E-state index contributed by atoms with van der Waals surface area (Å²) in [5, 5.41) is 6.29. The van der Waals surface area contributed by atoms with Crippen LogP contribution < -0.4 is 5.43 Å². The van der Waals surface area contributed by atoms with Gasteiger partial charge in [-0.1, -0.05) is 78.9 Å². The van der Waals surface area contributed by atoms with Gasteiger partial charge >= 0.3 is 0 Å². The Kier molecular flexibility index (Phi) is 5.37. The molecule has 0 spiro atoms. The summed E-state index contributed by atoms with van der Waals surface area (Å²) >= 11 is 0. The van der Waals surface area contributed by atoms with Gasteiger partial charge in [-0.05, 0) is 34.4 Å². The molecule has 0 fully saturated rings. The van der Waals surface area contributed by atoms with Crippen molar-refractivity contribution in [1.29, 1.82) is 0 Å². The van der Waals surface area contributed by atoms with Crippen molar-refractivity contribution in [2.75, 3.05) is 0 Å². The van der Waals surface area contributed by atoms with E-state index < -0.39 is 0 Å². The van der Waals surface area contributed by atoms with Crippen LogP contribution in [0, 0.1) is 0 Å². The third-order valence-corrected chi connectivity index (χ3v) is 3.88. The minimum Gasteiger partial charge on any atom is -0.273 e. The van der Waals surface area contributed by atoms with Crippen LogP contribution in [0.5, 0.6) is 0 Å². The first kappa shape index (κ1) is 16.7. The maximum atomic E-state index is 12.2. The number of hydrazone groups is 1. The standard InChI is InChI=1S/C22H20N2O/c1-17(14-18-8-3-2-4-9-18)16-23-24-22(25)15-20-12-7-11-19-10-5-6-13-21(19)20/h2-14,16H,15H2,1H3,(H,24,25)/b17-14+,23-16-. The molecule has 0 atom stereocenters.